The molecular weight excluding hydrogens is 406 g/mol. The molecular formula is C25H31N3O2S. The first-order chi connectivity index (χ1) is 14.7. The van der Waals surface area contributed by atoms with E-state index in [1.165, 1.54) is 36.2 Å². The van der Waals surface area contributed by atoms with E-state index in [1.54, 1.807) is 0 Å². The first-order valence-electron chi connectivity index (χ1n) is 11.4. The summed E-state index contributed by atoms with van der Waals surface area (Å²) in [5.41, 5.74) is 4.56. The maximum Gasteiger partial charge on any atom is 0.267 e. The van der Waals surface area contributed by atoms with Crippen molar-refractivity contribution < 1.29 is 9.59 Å². The number of aromatic nitrogens is 1. The van der Waals surface area contributed by atoms with Crippen molar-refractivity contribution in [2.24, 2.45) is 23.2 Å². The van der Waals surface area contributed by atoms with Crippen LogP contribution in [0.2, 0.25) is 0 Å². The first kappa shape index (κ1) is 20.7. The summed E-state index contributed by atoms with van der Waals surface area (Å²) in [5.74, 6) is 2.12. The van der Waals surface area contributed by atoms with Gasteiger partial charge in [0.25, 0.3) is 5.91 Å². The van der Waals surface area contributed by atoms with Crippen LogP contribution in [0.1, 0.15) is 70.6 Å². The molecule has 4 fully saturated rings. The molecule has 4 saturated carbocycles. The molecule has 1 aromatic heterocycles. The Labute approximate surface area is 188 Å². The minimum atomic E-state index is -0.215. The van der Waals surface area contributed by atoms with E-state index < -0.39 is 0 Å². The Balaban J connectivity index is 1.32. The van der Waals surface area contributed by atoms with Crippen molar-refractivity contribution in [3.63, 3.8) is 0 Å². The molecule has 4 aliphatic rings. The fourth-order valence-corrected chi connectivity index (χ4v) is 7.68. The molecule has 2 aromatic rings. The van der Waals surface area contributed by atoms with Gasteiger partial charge in [0.15, 0.2) is 5.13 Å². The highest BCUT2D eigenvalue weighted by Gasteiger charge is 2.54. The lowest BCUT2D eigenvalue weighted by molar-refractivity contribution is -0.140. The van der Waals surface area contributed by atoms with Crippen molar-refractivity contribution in [1.82, 2.24) is 4.98 Å². The lowest BCUT2D eigenvalue weighted by Crippen LogP contribution is -2.51. The first-order valence-corrected chi connectivity index (χ1v) is 12.2. The molecule has 4 aliphatic carbocycles. The van der Waals surface area contributed by atoms with Gasteiger partial charge in [0.05, 0.1) is 11.1 Å². The van der Waals surface area contributed by atoms with Gasteiger partial charge in [0, 0.05) is 5.69 Å². The van der Waals surface area contributed by atoms with E-state index in [1.807, 2.05) is 20.8 Å². The molecule has 1 heterocycles. The second-order valence-corrected chi connectivity index (χ2v) is 11.3. The zero-order valence-corrected chi connectivity index (χ0v) is 19.6. The number of hydrogen-bond donors (Lipinski definition) is 2. The number of carbonyl (C=O) groups excluding carboxylic acids is 2. The molecule has 0 atom stereocenters. The van der Waals surface area contributed by atoms with Gasteiger partial charge >= 0.3 is 0 Å². The largest absolute Gasteiger partial charge is 0.321 e. The van der Waals surface area contributed by atoms with Crippen molar-refractivity contribution in [1.29, 1.82) is 0 Å². The number of anilines is 2. The molecule has 4 bridgehead atoms. The number of hydrogen-bond acceptors (Lipinski definition) is 4. The van der Waals surface area contributed by atoms with Crippen LogP contribution >= 0.6 is 11.3 Å². The number of carbonyl (C=O) groups is 2. The Morgan fingerprint density at radius 1 is 0.935 bits per heavy atom. The Morgan fingerprint density at radius 3 is 2.03 bits per heavy atom. The molecule has 2 N–H and O–H groups in total. The van der Waals surface area contributed by atoms with Crippen LogP contribution in [0.25, 0.3) is 0 Å². The van der Waals surface area contributed by atoms with E-state index in [4.69, 9.17) is 0 Å². The zero-order valence-electron chi connectivity index (χ0n) is 18.8. The molecule has 6 rings (SSSR count). The number of benzene rings is 1. The summed E-state index contributed by atoms with van der Waals surface area (Å²) in [6, 6.07) is 4.14. The molecule has 164 valence electrons. The molecule has 0 unspecified atom stereocenters. The Bertz CT molecular complexity index is 1010. The van der Waals surface area contributed by atoms with Crippen molar-refractivity contribution >= 4 is 34.0 Å². The van der Waals surface area contributed by atoms with E-state index in [9.17, 15) is 9.59 Å². The van der Waals surface area contributed by atoms with E-state index >= 15 is 0 Å². The predicted octanol–water partition coefficient (Wildman–Crippen LogP) is 5.78. The maximum absolute atomic E-state index is 13.3. The average Bonchev–Trinajstić information content (AvgIpc) is 3.03. The summed E-state index contributed by atoms with van der Waals surface area (Å²) < 4.78 is 0. The van der Waals surface area contributed by atoms with Gasteiger partial charge < -0.3 is 10.6 Å². The molecule has 0 spiro atoms. The van der Waals surface area contributed by atoms with Gasteiger partial charge in [-0.3, -0.25) is 9.59 Å². The van der Waals surface area contributed by atoms with Crippen LogP contribution in [-0.2, 0) is 4.79 Å². The maximum atomic E-state index is 13.3. The fourth-order valence-electron chi connectivity index (χ4n) is 6.83. The van der Waals surface area contributed by atoms with Gasteiger partial charge in [-0.25, -0.2) is 4.98 Å². The zero-order chi connectivity index (χ0) is 21.9. The molecule has 1 aromatic carbocycles. The van der Waals surface area contributed by atoms with Gasteiger partial charge in [-0.15, -0.1) is 0 Å². The summed E-state index contributed by atoms with van der Waals surface area (Å²) in [6.07, 6.45) is 7.00. The third-order valence-corrected chi connectivity index (χ3v) is 8.73. The SMILES string of the molecule is Cc1cc(C)c(NC(=O)c2sc(NC(=O)C34CC5CC(CC(C5)C3)C4)nc2C)c(C)c1. The number of aryl methyl sites for hydroxylation is 4. The minimum absolute atomic E-state index is 0.123. The van der Waals surface area contributed by atoms with Crippen LogP contribution in [-0.4, -0.2) is 16.8 Å². The van der Waals surface area contributed by atoms with Crippen LogP contribution in [0.4, 0.5) is 10.8 Å². The van der Waals surface area contributed by atoms with Gasteiger partial charge in [-0.05, 0) is 95.1 Å². The van der Waals surface area contributed by atoms with E-state index in [0.717, 1.165) is 53.8 Å². The van der Waals surface area contributed by atoms with Crippen molar-refractivity contribution in [3.8, 4) is 0 Å². The van der Waals surface area contributed by atoms with Gasteiger partial charge in [-0.2, -0.15) is 0 Å². The number of rotatable bonds is 4. The fraction of sp³-hybridized carbons (Fsp3) is 0.560. The second kappa shape index (κ2) is 7.44. The molecule has 6 heteroatoms. The highest BCUT2D eigenvalue weighted by molar-refractivity contribution is 7.17. The van der Waals surface area contributed by atoms with Crippen LogP contribution < -0.4 is 10.6 Å². The normalized spacial score (nSPS) is 28.6. The van der Waals surface area contributed by atoms with Gasteiger partial charge in [0.2, 0.25) is 5.91 Å². The van der Waals surface area contributed by atoms with Crippen LogP contribution in [0.5, 0.6) is 0 Å². The van der Waals surface area contributed by atoms with Crippen LogP contribution in [0.3, 0.4) is 0 Å². The lowest BCUT2D eigenvalue weighted by atomic mass is 9.49. The van der Waals surface area contributed by atoms with Crippen molar-refractivity contribution in [2.75, 3.05) is 10.6 Å². The Kier molecular flexibility index (Phi) is 4.96. The van der Waals surface area contributed by atoms with Gasteiger partial charge in [0.1, 0.15) is 4.88 Å². The number of amides is 2. The predicted molar refractivity (Wildman–Crippen MR) is 125 cm³/mol. The third-order valence-electron chi connectivity index (χ3n) is 7.66. The van der Waals surface area contributed by atoms with Crippen LogP contribution in [0.15, 0.2) is 12.1 Å². The van der Waals surface area contributed by atoms with Crippen molar-refractivity contribution in [3.05, 3.63) is 39.4 Å². The van der Waals surface area contributed by atoms with E-state index in [-0.39, 0.29) is 17.2 Å². The Morgan fingerprint density at radius 2 is 1.48 bits per heavy atom. The van der Waals surface area contributed by atoms with E-state index in [2.05, 4.69) is 34.7 Å². The summed E-state index contributed by atoms with van der Waals surface area (Å²) >= 11 is 1.28. The van der Waals surface area contributed by atoms with Gasteiger partial charge in [-0.1, -0.05) is 29.0 Å². The summed E-state index contributed by atoms with van der Waals surface area (Å²) in [4.78, 5) is 31.4. The molecule has 2 amide bonds. The number of nitrogens with zero attached hydrogens (tertiary/aromatic N) is 1. The smallest absolute Gasteiger partial charge is 0.267 e. The second-order valence-electron chi connectivity index (χ2n) is 10.3. The summed E-state index contributed by atoms with van der Waals surface area (Å²) in [7, 11) is 0. The summed E-state index contributed by atoms with van der Waals surface area (Å²) in [6.45, 7) is 7.90. The lowest BCUT2D eigenvalue weighted by Gasteiger charge is -2.55. The highest BCUT2D eigenvalue weighted by Crippen LogP contribution is 2.60. The third kappa shape index (κ3) is 3.69. The molecule has 31 heavy (non-hydrogen) atoms. The number of thiazole rings is 1. The quantitative estimate of drug-likeness (QED) is 0.636. The monoisotopic (exact) mass is 437 g/mol. The van der Waals surface area contributed by atoms with E-state index in [0.29, 0.717) is 15.7 Å². The van der Waals surface area contributed by atoms with Crippen molar-refractivity contribution in [2.45, 2.75) is 66.2 Å². The van der Waals surface area contributed by atoms with Crippen LogP contribution in [0, 0.1) is 50.9 Å². The topological polar surface area (TPSA) is 71.1 Å². The minimum Gasteiger partial charge on any atom is -0.321 e. The molecule has 0 saturated heterocycles. The highest BCUT2D eigenvalue weighted by atomic mass is 32.1. The summed E-state index contributed by atoms with van der Waals surface area (Å²) in [5, 5.41) is 6.70. The standard InChI is InChI=1S/C25H31N3O2S/c1-13-5-14(2)20(15(3)6-13)27-22(29)21-16(4)26-24(31-21)28-23(30)25-10-17-7-18(11-25)9-19(8-17)12-25/h5-6,17-19H,7-12H2,1-4H3,(H,27,29)(H,26,28,30). The molecule has 5 nitrogen and oxygen atoms in total. The number of nitrogens with one attached hydrogen (secondary N) is 2. The Hall–Kier alpha value is -2.21. The molecule has 0 aliphatic heterocycles. The molecule has 0 radical (unpaired) electrons. The average molecular weight is 438 g/mol.